The van der Waals surface area contributed by atoms with Crippen molar-refractivity contribution in [3.63, 3.8) is 0 Å². The molecule has 0 saturated heterocycles. The van der Waals surface area contributed by atoms with E-state index >= 15 is 0 Å². The summed E-state index contributed by atoms with van der Waals surface area (Å²) in [6, 6.07) is 21.8. The van der Waals surface area contributed by atoms with Gasteiger partial charge in [-0.2, -0.15) is 0 Å². The minimum atomic E-state index is -0.364. The van der Waals surface area contributed by atoms with E-state index in [1.54, 1.807) is 26.4 Å². The smallest absolute Gasteiger partial charge is 0.273 e. The molecule has 0 aliphatic heterocycles. The van der Waals surface area contributed by atoms with Crippen molar-refractivity contribution < 1.29 is 23.1 Å². The lowest BCUT2D eigenvalue weighted by Gasteiger charge is -2.29. The van der Waals surface area contributed by atoms with Crippen molar-refractivity contribution in [1.29, 1.82) is 0 Å². The van der Waals surface area contributed by atoms with Gasteiger partial charge in [-0.1, -0.05) is 42.5 Å². The van der Waals surface area contributed by atoms with E-state index in [0.29, 0.717) is 19.0 Å². The van der Waals surface area contributed by atoms with E-state index in [4.69, 9.17) is 13.9 Å². The van der Waals surface area contributed by atoms with Gasteiger partial charge >= 0.3 is 0 Å². The molecule has 192 valence electrons. The van der Waals surface area contributed by atoms with E-state index < -0.39 is 0 Å². The van der Waals surface area contributed by atoms with E-state index in [1.165, 1.54) is 18.4 Å². The molecule has 0 bridgehead atoms. The van der Waals surface area contributed by atoms with Crippen molar-refractivity contribution in [2.45, 2.75) is 32.6 Å². The van der Waals surface area contributed by atoms with Crippen LogP contribution in [-0.4, -0.2) is 30.0 Å². The highest BCUT2D eigenvalue weighted by Gasteiger charge is 2.22. The molecule has 1 amide bonds. The lowest BCUT2D eigenvalue weighted by atomic mass is 10.1. The minimum Gasteiger partial charge on any atom is -0.497 e. The van der Waals surface area contributed by atoms with Crippen LogP contribution in [0.5, 0.6) is 11.5 Å². The van der Waals surface area contributed by atoms with E-state index in [-0.39, 0.29) is 30.0 Å². The Morgan fingerprint density at radius 3 is 2.49 bits per heavy atom. The molecule has 0 unspecified atom stereocenters. The summed E-state index contributed by atoms with van der Waals surface area (Å²) >= 11 is 0. The molecule has 0 fully saturated rings. The Labute approximate surface area is 215 Å². The van der Waals surface area contributed by atoms with Crippen LogP contribution in [0, 0.1) is 5.82 Å². The first-order chi connectivity index (χ1) is 18.0. The Kier molecular flexibility index (Phi) is 8.53. The van der Waals surface area contributed by atoms with Gasteiger partial charge in [0, 0.05) is 24.7 Å². The van der Waals surface area contributed by atoms with E-state index in [9.17, 15) is 9.18 Å². The Morgan fingerprint density at radius 1 is 1.03 bits per heavy atom. The largest absolute Gasteiger partial charge is 0.497 e. The third-order valence-corrected chi connectivity index (χ3v) is 6.18. The van der Waals surface area contributed by atoms with Crippen LogP contribution in [0.2, 0.25) is 0 Å². The van der Waals surface area contributed by atoms with Gasteiger partial charge in [0.1, 0.15) is 23.6 Å². The number of methoxy groups -OCH3 is 2. The first-order valence-electron chi connectivity index (χ1n) is 11.9. The number of rotatable bonds is 11. The van der Waals surface area contributed by atoms with Gasteiger partial charge in [-0.05, 0) is 48.4 Å². The average Bonchev–Trinajstić information content (AvgIpc) is 3.41. The number of carbonyl (C=O) groups is 1. The van der Waals surface area contributed by atoms with E-state index in [1.807, 2.05) is 36.4 Å². The molecule has 1 heterocycles. The van der Waals surface area contributed by atoms with Crippen LogP contribution < -0.4 is 14.8 Å². The summed E-state index contributed by atoms with van der Waals surface area (Å²) in [5.41, 5.74) is 3.05. The zero-order chi connectivity index (χ0) is 26.2. The second-order valence-electron chi connectivity index (χ2n) is 8.61. The second-order valence-corrected chi connectivity index (χ2v) is 8.61. The molecule has 0 aliphatic carbocycles. The van der Waals surface area contributed by atoms with Gasteiger partial charge < -0.3 is 19.2 Å². The zero-order valence-electron chi connectivity index (χ0n) is 21.1. The Bertz CT molecular complexity index is 1310. The van der Waals surface area contributed by atoms with Gasteiger partial charge in [0.25, 0.3) is 5.91 Å². The SMILES string of the molecule is COc1ccc(OC)c(CN(Cc2nc(C(=O)NCc3ccc(F)cc3)co2)[C@@H](C)c2ccccc2)c1. The fourth-order valence-corrected chi connectivity index (χ4v) is 4.03. The van der Waals surface area contributed by atoms with Gasteiger partial charge in [-0.15, -0.1) is 0 Å². The van der Waals surface area contributed by atoms with Crippen molar-refractivity contribution in [2.75, 3.05) is 14.2 Å². The normalized spacial score (nSPS) is 11.8. The van der Waals surface area contributed by atoms with Crippen molar-refractivity contribution in [3.05, 3.63) is 113 Å². The molecule has 37 heavy (non-hydrogen) atoms. The van der Waals surface area contributed by atoms with Crippen LogP contribution in [0.4, 0.5) is 4.39 Å². The third kappa shape index (κ3) is 6.74. The molecule has 0 spiro atoms. The molecule has 1 aromatic heterocycles. The van der Waals surface area contributed by atoms with Gasteiger partial charge in [0.15, 0.2) is 5.69 Å². The lowest BCUT2D eigenvalue weighted by Crippen LogP contribution is -2.27. The maximum atomic E-state index is 13.1. The van der Waals surface area contributed by atoms with Crippen LogP contribution in [0.3, 0.4) is 0 Å². The predicted molar refractivity (Wildman–Crippen MR) is 138 cm³/mol. The molecular formula is C29H30FN3O4. The molecule has 4 rings (SSSR count). The number of hydrogen-bond acceptors (Lipinski definition) is 6. The van der Waals surface area contributed by atoms with Crippen LogP contribution in [0.15, 0.2) is 83.5 Å². The van der Waals surface area contributed by atoms with Crippen molar-refractivity contribution in [1.82, 2.24) is 15.2 Å². The molecule has 0 aliphatic rings. The number of nitrogens with one attached hydrogen (secondary N) is 1. The summed E-state index contributed by atoms with van der Waals surface area (Å²) in [7, 11) is 3.27. The van der Waals surface area contributed by atoms with E-state index in [2.05, 4.69) is 34.3 Å². The van der Waals surface area contributed by atoms with Crippen molar-refractivity contribution in [3.8, 4) is 11.5 Å². The number of oxazole rings is 1. The molecule has 4 aromatic rings. The fourth-order valence-electron chi connectivity index (χ4n) is 4.03. The topological polar surface area (TPSA) is 76.8 Å². The third-order valence-electron chi connectivity index (χ3n) is 6.18. The number of amides is 1. The van der Waals surface area contributed by atoms with Crippen LogP contribution in [0.1, 0.15) is 46.0 Å². The summed E-state index contributed by atoms with van der Waals surface area (Å²) in [6.07, 6.45) is 1.35. The predicted octanol–water partition coefficient (Wildman–Crippen LogP) is 5.52. The maximum absolute atomic E-state index is 13.1. The molecule has 7 nitrogen and oxygen atoms in total. The molecule has 0 radical (unpaired) electrons. The van der Waals surface area contributed by atoms with E-state index in [0.717, 1.165) is 28.2 Å². The van der Waals surface area contributed by atoms with Crippen LogP contribution in [0.25, 0.3) is 0 Å². The van der Waals surface area contributed by atoms with Gasteiger partial charge in [0.05, 0.1) is 20.8 Å². The zero-order valence-corrected chi connectivity index (χ0v) is 21.1. The highest BCUT2D eigenvalue weighted by atomic mass is 19.1. The Hall–Kier alpha value is -4.17. The fraction of sp³-hybridized carbons (Fsp3) is 0.241. The maximum Gasteiger partial charge on any atom is 0.273 e. The summed E-state index contributed by atoms with van der Waals surface area (Å²) < 4.78 is 29.8. The van der Waals surface area contributed by atoms with Crippen LogP contribution >= 0.6 is 0 Å². The summed E-state index contributed by atoms with van der Waals surface area (Å²) in [5.74, 6) is 1.21. The Morgan fingerprint density at radius 2 is 1.78 bits per heavy atom. The van der Waals surface area contributed by atoms with Gasteiger partial charge in [-0.3, -0.25) is 9.69 Å². The van der Waals surface area contributed by atoms with Crippen molar-refractivity contribution in [2.24, 2.45) is 0 Å². The second kappa shape index (κ2) is 12.2. The highest BCUT2D eigenvalue weighted by Crippen LogP contribution is 2.30. The van der Waals surface area contributed by atoms with Crippen LogP contribution in [-0.2, 0) is 19.6 Å². The molecule has 8 heteroatoms. The standard InChI is InChI=1S/C29H30FN3O4/c1-20(22-7-5-4-6-8-22)33(17-23-15-25(35-2)13-14-27(23)36-3)18-28-32-26(19-37-28)29(34)31-16-21-9-11-24(30)12-10-21/h4-15,19-20H,16-18H2,1-3H3,(H,31,34)/t20-/m0/s1. The monoisotopic (exact) mass is 503 g/mol. The van der Waals surface area contributed by atoms with Gasteiger partial charge in [-0.25, -0.2) is 9.37 Å². The molecular weight excluding hydrogens is 473 g/mol. The van der Waals surface area contributed by atoms with Crippen molar-refractivity contribution >= 4 is 5.91 Å². The quantitative estimate of drug-likeness (QED) is 0.290. The Balaban J connectivity index is 1.52. The molecule has 1 atom stereocenters. The highest BCUT2D eigenvalue weighted by molar-refractivity contribution is 5.91. The first kappa shape index (κ1) is 25.9. The summed E-state index contributed by atoms with van der Waals surface area (Å²) in [4.78, 5) is 19.3. The minimum absolute atomic E-state index is 0.0137. The first-order valence-corrected chi connectivity index (χ1v) is 11.9. The number of halogens is 1. The number of nitrogens with zero attached hydrogens (tertiary/aromatic N) is 2. The van der Waals surface area contributed by atoms with Gasteiger partial charge in [0.2, 0.25) is 5.89 Å². The number of carbonyl (C=O) groups excluding carboxylic acids is 1. The average molecular weight is 504 g/mol. The summed E-state index contributed by atoms with van der Waals surface area (Å²) in [5, 5.41) is 2.79. The molecule has 1 N–H and O–H groups in total. The number of hydrogen-bond donors (Lipinski definition) is 1. The number of aromatic nitrogens is 1. The number of benzene rings is 3. The molecule has 0 saturated carbocycles. The number of ether oxygens (including phenoxy) is 2. The molecule has 3 aromatic carbocycles. The lowest BCUT2D eigenvalue weighted by molar-refractivity contribution is 0.0945. The summed E-state index contributed by atoms with van der Waals surface area (Å²) in [6.45, 7) is 3.27.